The number of ether oxygens (including phenoxy) is 3. The molecule has 3 nitrogen and oxygen atoms in total. The molecule has 4 rings (SSSR count). The largest absolute Gasteiger partial charge is 0.493 e. The van der Waals surface area contributed by atoms with Crippen molar-refractivity contribution in [3.8, 4) is 17.2 Å². The van der Waals surface area contributed by atoms with E-state index < -0.39 is 25.3 Å². The minimum Gasteiger partial charge on any atom is -0.493 e. The van der Waals surface area contributed by atoms with Gasteiger partial charge in [0.15, 0.2) is 0 Å². The van der Waals surface area contributed by atoms with E-state index in [9.17, 15) is 13.2 Å². The van der Waals surface area contributed by atoms with Gasteiger partial charge in [-0.15, -0.1) is 0 Å². The van der Waals surface area contributed by atoms with Crippen LogP contribution in [-0.4, -0.2) is 19.4 Å². The summed E-state index contributed by atoms with van der Waals surface area (Å²) >= 11 is 0. The van der Waals surface area contributed by atoms with Gasteiger partial charge in [-0.3, -0.25) is 0 Å². The Kier molecular flexibility index (Phi) is 7.00. The summed E-state index contributed by atoms with van der Waals surface area (Å²) in [5.74, 6) is 0.0567. The third-order valence-electron chi connectivity index (χ3n) is 5.45. The molecule has 1 atom stereocenters. The maximum absolute atomic E-state index is 13.5. The number of aryl methyl sites for hydroxylation is 2. The van der Waals surface area contributed by atoms with Gasteiger partial charge >= 0.3 is 6.18 Å². The van der Waals surface area contributed by atoms with Gasteiger partial charge in [-0.25, -0.2) is 0 Å². The number of benzene rings is 3. The zero-order valence-electron chi connectivity index (χ0n) is 17.6. The first-order valence-electron chi connectivity index (χ1n) is 10.7. The molecule has 0 amide bonds. The first-order valence-corrected chi connectivity index (χ1v) is 10.7. The highest BCUT2D eigenvalue weighted by Crippen LogP contribution is 2.30. The van der Waals surface area contributed by atoms with E-state index in [1.165, 1.54) is 11.1 Å². The highest BCUT2D eigenvalue weighted by atomic mass is 19.4. The molecule has 0 radical (unpaired) electrons. The van der Waals surface area contributed by atoms with Crippen molar-refractivity contribution in [2.45, 2.75) is 32.0 Å². The third kappa shape index (κ3) is 6.04. The Bertz CT molecular complexity index is 1020. The molecule has 1 aliphatic rings. The van der Waals surface area contributed by atoms with E-state index in [0.29, 0.717) is 17.2 Å². The lowest BCUT2D eigenvalue weighted by molar-refractivity contribution is -0.196. The number of halogens is 3. The van der Waals surface area contributed by atoms with Crippen molar-refractivity contribution in [2.75, 3.05) is 13.2 Å². The van der Waals surface area contributed by atoms with Gasteiger partial charge in [0.05, 0.1) is 13.2 Å². The molecular formula is C26H25F3O3. The van der Waals surface area contributed by atoms with Crippen LogP contribution in [-0.2, 0) is 24.2 Å². The van der Waals surface area contributed by atoms with Crippen LogP contribution < -0.4 is 9.47 Å². The van der Waals surface area contributed by atoms with Crippen LogP contribution in [0.15, 0.2) is 72.8 Å². The van der Waals surface area contributed by atoms with Crippen molar-refractivity contribution in [2.24, 2.45) is 5.92 Å². The van der Waals surface area contributed by atoms with Crippen molar-refractivity contribution >= 4 is 0 Å². The molecule has 1 unspecified atom stereocenters. The topological polar surface area (TPSA) is 27.7 Å². The second-order valence-electron chi connectivity index (χ2n) is 7.91. The molecule has 0 aliphatic heterocycles. The average Bonchev–Trinajstić information content (AvgIpc) is 3.24. The number of fused-ring (bicyclic) bond motifs is 1. The molecule has 0 saturated carbocycles. The highest BCUT2D eigenvalue weighted by molar-refractivity contribution is 5.38. The number of hydrogen-bond donors (Lipinski definition) is 0. The second-order valence-corrected chi connectivity index (χ2v) is 7.91. The smallest absolute Gasteiger partial charge is 0.397 e. The summed E-state index contributed by atoms with van der Waals surface area (Å²) in [4.78, 5) is 0. The van der Waals surface area contributed by atoms with E-state index in [2.05, 4.69) is 0 Å². The SMILES string of the molecule is FC(F)(F)C(COCc1cccc(Oc2ccccc2)c1)COc1ccc2c(c1)CCC2. The Hall–Kier alpha value is -2.99. The van der Waals surface area contributed by atoms with Crippen LogP contribution in [0.1, 0.15) is 23.1 Å². The van der Waals surface area contributed by atoms with Crippen molar-refractivity contribution in [1.82, 2.24) is 0 Å². The van der Waals surface area contributed by atoms with E-state index in [-0.39, 0.29) is 6.61 Å². The monoisotopic (exact) mass is 442 g/mol. The van der Waals surface area contributed by atoms with Crippen LogP contribution in [0.3, 0.4) is 0 Å². The van der Waals surface area contributed by atoms with Gasteiger partial charge in [0, 0.05) is 0 Å². The predicted molar refractivity (Wildman–Crippen MR) is 116 cm³/mol. The van der Waals surface area contributed by atoms with Crippen LogP contribution in [0.2, 0.25) is 0 Å². The highest BCUT2D eigenvalue weighted by Gasteiger charge is 2.40. The lowest BCUT2D eigenvalue weighted by Crippen LogP contribution is -2.32. The number of rotatable bonds is 9. The Balaban J connectivity index is 1.31. The minimum absolute atomic E-state index is 0.0530. The van der Waals surface area contributed by atoms with Gasteiger partial charge in [0.2, 0.25) is 0 Å². The van der Waals surface area contributed by atoms with Crippen LogP contribution in [0, 0.1) is 5.92 Å². The Morgan fingerprint density at radius 1 is 0.750 bits per heavy atom. The van der Waals surface area contributed by atoms with Crippen LogP contribution in [0.25, 0.3) is 0 Å². The van der Waals surface area contributed by atoms with Gasteiger partial charge in [0.25, 0.3) is 0 Å². The summed E-state index contributed by atoms with van der Waals surface area (Å²) < 4.78 is 57.2. The lowest BCUT2D eigenvalue weighted by atomic mass is 10.1. The standard InChI is InChI=1S/C26H25F3O3/c27-26(28,29)22(18-31-24-13-12-20-7-5-8-21(20)15-24)17-30-16-19-6-4-11-25(14-19)32-23-9-2-1-3-10-23/h1-4,6,9-15,22H,5,7-8,16-18H2. The van der Waals surface area contributed by atoms with E-state index in [0.717, 1.165) is 24.8 Å². The fourth-order valence-electron chi connectivity index (χ4n) is 3.71. The molecule has 0 aromatic heterocycles. The molecule has 0 spiro atoms. The molecule has 3 aromatic rings. The van der Waals surface area contributed by atoms with Crippen LogP contribution in [0.4, 0.5) is 13.2 Å². The summed E-state index contributed by atoms with van der Waals surface area (Å²) in [7, 11) is 0. The summed E-state index contributed by atoms with van der Waals surface area (Å²) in [6.45, 7) is -0.894. The maximum Gasteiger partial charge on any atom is 0.397 e. The molecular weight excluding hydrogens is 417 g/mol. The van der Waals surface area contributed by atoms with E-state index in [1.807, 2.05) is 42.5 Å². The quantitative estimate of drug-likeness (QED) is 0.367. The summed E-state index contributed by atoms with van der Waals surface area (Å²) in [6, 6.07) is 22.0. The van der Waals surface area contributed by atoms with Gasteiger partial charge < -0.3 is 14.2 Å². The van der Waals surface area contributed by atoms with E-state index in [1.54, 1.807) is 30.3 Å². The van der Waals surface area contributed by atoms with Crippen molar-refractivity contribution in [3.05, 3.63) is 89.5 Å². The molecule has 0 N–H and O–H groups in total. The fourth-order valence-corrected chi connectivity index (χ4v) is 3.71. The molecule has 1 aliphatic carbocycles. The predicted octanol–water partition coefficient (Wildman–Crippen LogP) is 6.74. The van der Waals surface area contributed by atoms with Gasteiger partial charge in [0.1, 0.15) is 29.8 Å². The Morgan fingerprint density at radius 3 is 2.34 bits per heavy atom. The Morgan fingerprint density at radius 2 is 1.53 bits per heavy atom. The lowest BCUT2D eigenvalue weighted by Gasteiger charge is -2.21. The minimum atomic E-state index is -4.41. The van der Waals surface area contributed by atoms with Crippen molar-refractivity contribution in [1.29, 1.82) is 0 Å². The zero-order valence-corrected chi connectivity index (χ0v) is 17.6. The number of para-hydroxylation sites is 1. The second kappa shape index (κ2) is 10.1. The van der Waals surface area contributed by atoms with Gasteiger partial charge in [-0.1, -0.05) is 36.4 Å². The maximum atomic E-state index is 13.5. The molecule has 0 saturated heterocycles. The summed E-state index contributed by atoms with van der Waals surface area (Å²) in [5.41, 5.74) is 3.16. The number of hydrogen-bond acceptors (Lipinski definition) is 3. The van der Waals surface area contributed by atoms with Gasteiger partial charge in [-0.05, 0) is 72.4 Å². The van der Waals surface area contributed by atoms with Crippen molar-refractivity contribution in [3.63, 3.8) is 0 Å². The van der Waals surface area contributed by atoms with Crippen LogP contribution in [0.5, 0.6) is 17.2 Å². The molecule has 0 heterocycles. The molecule has 6 heteroatoms. The molecule has 168 valence electrons. The first-order chi connectivity index (χ1) is 15.5. The molecule has 0 bridgehead atoms. The van der Waals surface area contributed by atoms with Crippen LogP contribution >= 0.6 is 0 Å². The third-order valence-corrected chi connectivity index (χ3v) is 5.45. The van der Waals surface area contributed by atoms with Gasteiger partial charge in [-0.2, -0.15) is 13.2 Å². The summed E-state index contributed by atoms with van der Waals surface area (Å²) in [6.07, 6.45) is -1.36. The zero-order chi connectivity index (χ0) is 22.4. The molecule has 32 heavy (non-hydrogen) atoms. The normalized spacial score (nSPS) is 14.1. The fraction of sp³-hybridized carbons (Fsp3) is 0.308. The Labute approximate surface area is 185 Å². The van der Waals surface area contributed by atoms with E-state index in [4.69, 9.17) is 14.2 Å². The number of alkyl halides is 3. The average molecular weight is 442 g/mol. The summed E-state index contributed by atoms with van der Waals surface area (Å²) in [5, 5.41) is 0. The first kappa shape index (κ1) is 22.2. The molecule has 0 fully saturated rings. The van der Waals surface area contributed by atoms with Crippen molar-refractivity contribution < 1.29 is 27.4 Å². The van der Waals surface area contributed by atoms with E-state index >= 15 is 0 Å². The molecule has 3 aromatic carbocycles.